The summed E-state index contributed by atoms with van der Waals surface area (Å²) in [5.41, 5.74) is 12.2. The molecule has 0 saturated carbocycles. The van der Waals surface area contributed by atoms with Gasteiger partial charge >= 0.3 is 0 Å². The van der Waals surface area contributed by atoms with Crippen molar-refractivity contribution in [2.24, 2.45) is 0 Å². The fourth-order valence-corrected chi connectivity index (χ4v) is 4.20. The lowest BCUT2D eigenvalue weighted by Gasteiger charge is -2.30. The number of carbonyl (C=O) groups is 1. The van der Waals surface area contributed by atoms with E-state index in [-0.39, 0.29) is 11.9 Å². The normalized spacial score (nSPS) is 15.8. The minimum absolute atomic E-state index is 0.139. The van der Waals surface area contributed by atoms with Crippen LogP contribution in [0.25, 0.3) is 11.4 Å². The van der Waals surface area contributed by atoms with Crippen LogP contribution >= 0.6 is 0 Å². The molecular formula is C24H32N5O+. The number of rotatable bonds is 5. The van der Waals surface area contributed by atoms with Crippen molar-refractivity contribution in [3.63, 3.8) is 0 Å². The summed E-state index contributed by atoms with van der Waals surface area (Å²) >= 11 is 0. The number of nitrogens with zero attached hydrogens (tertiary/aromatic N) is 2. The van der Waals surface area contributed by atoms with Crippen molar-refractivity contribution < 1.29 is 10.2 Å². The molecule has 4 N–H and O–H groups in total. The predicted octanol–water partition coefficient (Wildman–Crippen LogP) is 2.45. The van der Waals surface area contributed by atoms with Crippen LogP contribution < -0.4 is 21.2 Å². The van der Waals surface area contributed by atoms with E-state index >= 15 is 0 Å². The van der Waals surface area contributed by atoms with Gasteiger partial charge in [0.1, 0.15) is 5.70 Å². The van der Waals surface area contributed by atoms with Crippen LogP contribution in [0.5, 0.6) is 0 Å². The fourth-order valence-electron chi connectivity index (χ4n) is 4.20. The maximum Gasteiger partial charge on any atom is 0.228 e. The highest BCUT2D eigenvalue weighted by Crippen LogP contribution is 2.38. The number of hydrogen-bond donors (Lipinski definition) is 3. The molecule has 2 heterocycles. The lowest BCUT2D eigenvalue weighted by Crippen LogP contribution is -2.90. The molecule has 158 valence electrons. The first-order chi connectivity index (χ1) is 14.5. The monoisotopic (exact) mass is 406 g/mol. The summed E-state index contributed by atoms with van der Waals surface area (Å²) in [6.07, 6.45) is 0.471. The quantitative estimate of drug-likeness (QED) is 0.668. The average molecular weight is 407 g/mol. The average Bonchev–Trinajstić information content (AvgIpc) is 3.15. The first-order valence-corrected chi connectivity index (χ1v) is 10.8. The van der Waals surface area contributed by atoms with E-state index in [0.717, 1.165) is 22.5 Å². The lowest BCUT2D eigenvalue weighted by molar-refractivity contribution is -0.641. The number of nitrogens with two attached hydrogens (primary N) is 1. The van der Waals surface area contributed by atoms with Gasteiger partial charge in [-0.25, -0.2) is 5.43 Å². The highest BCUT2D eigenvalue weighted by Gasteiger charge is 2.36. The molecule has 4 rings (SSSR count). The molecule has 1 amide bonds. The van der Waals surface area contributed by atoms with Gasteiger partial charge in [-0.2, -0.15) is 0 Å². The molecule has 30 heavy (non-hydrogen) atoms. The van der Waals surface area contributed by atoms with Gasteiger partial charge in [-0.1, -0.05) is 55.8 Å². The van der Waals surface area contributed by atoms with E-state index in [0.29, 0.717) is 25.6 Å². The minimum atomic E-state index is 0.139. The molecule has 0 unspecified atom stereocenters. The molecule has 2 aromatic rings. The third kappa shape index (κ3) is 3.86. The first kappa shape index (κ1) is 20.6. The van der Waals surface area contributed by atoms with E-state index in [1.165, 1.54) is 11.3 Å². The predicted molar refractivity (Wildman–Crippen MR) is 121 cm³/mol. The molecular weight excluding hydrogens is 374 g/mol. The third-order valence-electron chi connectivity index (χ3n) is 5.64. The minimum Gasteiger partial charge on any atom is -0.314 e. The number of fused-ring (bicyclic) bond motifs is 4. The number of amides is 1. The summed E-state index contributed by atoms with van der Waals surface area (Å²) in [6, 6.07) is 17.3. The van der Waals surface area contributed by atoms with E-state index in [4.69, 9.17) is 0 Å². The van der Waals surface area contributed by atoms with Crippen LogP contribution in [0.4, 0.5) is 5.69 Å². The lowest BCUT2D eigenvalue weighted by atomic mass is 9.95. The van der Waals surface area contributed by atoms with Crippen molar-refractivity contribution in [3.05, 3.63) is 65.2 Å². The molecule has 6 heteroatoms. The Hall–Kier alpha value is -2.67. The molecule has 0 aromatic heterocycles. The van der Waals surface area contributed by atoms with E-state index < -0.39 is 0 Å². The smallest absolute Gasteiger partial charge is 0.228 e. The second-order valence-electron chi connectivity index (χ2n) is 8.51. The third-order valence-corrected chi connectivity index (χ3v) is 5.64. The molecule has 0 spiro atoms. The van der Waals surface area contributed by atoms with Gasteiger partial charge in [0.05, 0.1) is 12.2 Å². The van der Waals surface area contributed by atoms with Crippen LogP contribution in [0.1, 0.15) is 50.8 Å². The van der Waals surface area contributed by atoms with Crippen molar-refractivity contribution in [2.45, 2.75) is 52.7 Å². The number of hydrazine groups is 1. The van der Waals surface area contributed by atoms with Crippen LogP contribution in [0, 0.1) is 0 Å². The summed E-state index contributed by atoms with van der Waals surface area (Å²) in [4.78, 5) is 15.3. The summed E-state index contributed by atoms with van der Waals surface area (Å²) in [6.45, 7) is 9.79. The Morgan fingerprint density at radius 3 is 2.50 bits per heavy atom. The van der Waals surface area contributed by atoms with Gasteiger partial charge in [-0.3, -0.25) is 9.80 Å². The molecule has 2 aliphatic rings. The standard InChI is InChI=1S/C24H31N5O/c1-16(2)25-14-13-22(30)28-15-18-9-5-6-10-19(18)23-24(29(17(3)4)27-26-23)20-11-7-8-12-21(20)28/h5-12,16-17,25-27H,13-15H2,1-4H3/p+1. The molecule has 0 aliphatic carbocycles. The van der Waals surface area contributed by atoms with Crippen molar-refractivity contribution in [1.82, 2.24) is 15.9 Å². The Balaban J connectivity index is 1.83. The zero-order valence-electron chi connectivity index (χ0n) is 18.3. The maximum atomic E-state index is 13.4. The van der Waals surface area contributed by atoms with Gasteiger partial charge in [0.2, 0.25) is 5.91 Å². The van der Waals surface area contributed by atoms with Crippen molar-refractivity contribution in [1.29, 1.82) is 0 Å². The number of carbonyl (C=O) groups excluding carboxylic acids is 1. The van der Waals surface area contributed by atoms with Crippen molar-refractivity contribution in [3.8, 4) is 0 Å². The first-order valence-electron chi connectivity index (χ1n) is 10.8. The number of hydrogen-bond acceptors (Lipinski definition) is 4. The molecule has 2 aliphatic heterocycles. The van der Waals surface area contributed by atoms with Crippen LogP contribution in [-0.2, 0) is 11.3 Å². The highest BCUT2D eigenvalue weighted by molar-refractivity contribution is 6.00. The van der Waals surface area contributed by atoms with Gasteiger partial charge in [0.15, 0.2) is 5.70 Å². The molecule has 6 nitrogen and oxygen atoms in total. The molecule has 0 radical (unpaired) electrons. The molecule has 0 saturated heterocycles. The SMILES string of the molecule is CC(C)NCCC(=O)N1Cc2ccccc2C2=C(c3ccccc31)N(C(C)C)N[NH2+]2. The van der Waals surface area contributed by atoms with E-state index in [2.05, 4.69) is 91.4 Å². The summed E-state index contributed by atoms with van der Waals surface area (Å²) in [5, 5.41) is 5.56. The van der Waals surface area contributed by atoms with Crippen molar-refractivity contribution >= 4 is 23.0 Å². The number of para-hydroxylation sites is 1. The Labute approximate surface area is 178 Å². The zero-order valence-corrected chi connectivity index (χ0v) is 18.3. The number of nitrogens with one attached hydrogen (secondary N) is 2. The largest absolute Gasteiger partial charge is 0.314 e. The number of quaternary nitrogens is 1. The highest BCUT2D eigenvalue weighted by atomic mass is 16.2. The Morgan fingerprint density at radius 2 is 1.77 bits per heavy atom. The molecule has 0 atom stereocenters. The summed E-state index contributed by atoms with van der Waals surface area (Å²) in [7, 11) is 0. The van der Waals surface area contributed by atoms with Gasteiger partial charge < -0.3 is 10.2 Å². The maximum absolute atomic E-state index is 13.4. The zero-order chi connectivity index (χ0) is 21.3. The Bertz CT molecular complexity index is 966. The van der Waals surface area contributed by atoms with Crippen molar-refractivity contribution in [2.75, 3.05) is 11.4 Å². The molecule has 2 aromatic carbocycles. The second kappa shape index (κ2) is 8.60. The molecule has 0 fully saturated rings. The Morgan fingerprint density at radius 1 is 1.07 bits per heavy atom. The van der Waals surface area contributed by atoms with E-state index in [1.807, 2.05) is 11.0 Å². The summed E-state index contributed by atoms with van der Waals surface area (Å²) < 4.78 is 0. The van der Waals surface area contributed by atoms with Gasteiger partial charge in [-0.05, 0) is 31.5 Å². The number of benzene rings is 2. The van der Waals surface area contributed by atoms with Crippen LogP contribution in [0.3, 0.4) is 0 Å². The van der Waals surface area contributed by atoms with Crippen LogP contribution in [0.15, 0.2) is 48.5 Å². The van der Waals surface area contributed by atoms with Gasteiger partial charge in [-0.15, -0.1) is 0 Å². The van der Waals surface area contributed by atoms with Crippen LogP contribution in [0.2, 0.25) is 0 Å². The van der Waals surface area contributed by atoms with E-state index in [1.54, 1.807) is 0 Å². The topological polar surface area (TPSA) is 64.2 Å². The number of anilines is 1. The van der Waals surface area contributed by atoms with Gasteiger partial charge in [0.25, 0.3) is 0 Å². The second-order valence-corrected chi connectivity index (χ2v) is 8.51. The van der Waals surface area contributed by atoms with Gasteiger partial charge in [0, 0.05) is 36.2 Å². The Kier molecular flexibility index (Phi) is 5.90. The van der Waals surface area contributed by atoms with E-state index in [9.17, 15) is 4.79 Å². The summed E-state index contributed by atoms with van der Waals surface area (Å²) in [5.74, 6) is 0.139. The fraction of sp³-hybridized carbons (Fsp3) is 0.375. The molecule has 0 bridgehead atoms. The van der Waals surface area contributed by atoms with Crippen LogP contribution in [-0.4, -0.2) is 29.5 Å².